The first kappa shape index (κ1) is 17.2. The smallest absolute Gasteiger partial charge is 0.263 e. The topological polar surface area (TPSA) is 83.6 Å². The number of carbonyl (C=O) groups is 4. The van der Waals surface area contributed by atoms with Gasteiger partial charge in [0.15, 0.2) is 0 Å². The highest BCUT2D eigenvalue weighted by molar-refractivity contribution is 7.98. The molecule has 23 heavy (non-hydrogen) atoms. The Bertz CT molecular complexity index is 687. The zero-order valence-corrected chi connectivity index (χ0v) is 14.0. The predicted octanol–water partition coefficient (Wildman–Crippen LogP) is 1.84. The number of nitrogens with zero attached hydrogens (tertiary/aromatic N) is 1. The highest BCUT2D eigenvalue weighted by atomic mass is 32.2. The monoisotopic (exact) mass is 334 g/mol. The summed E-state index contributed by atoms with van der Waals surface area (Å²) >= 11 is 1.38. The summed E-state index contributed by atoms with van der Waals surface area (Å²) in [5, 5.41) is 2.17. The van der Waals surface area contributed by atoms with Gasteiger partial charge in [-0.3, -0.25) is 29.4 Å². The van der Waals surface area contributed by atoms with Crippen molar-refractivity contribution in [2.45, 2.75) is 37.6 Å². The SMILES string of the molecule is CC.CSc1cccc2c1C(=O)N(C1CCC(=O)NC1=O)C2=O. The lowest BCUT2D eigenvalue weighted by atomic mass is 10.0. The average Bonchev–Trinajstić information content (AvgIpc) is 2.81. The van der Waals surface area contributed by atoms with Crippen LogP contribution in [0.5, 0.6) is 0 Å². The highest BCUT2D eigenvalue weighted by Crippen LogP contribution is 2.33. The number of rotatable bonds is 2. The summed E-state index contributed by atoms with van der Waals surface area (Å²) in [6.45, 7) is 4.00. The van der Waals surface area contributed by atoms with Crippen molar-refractivity contribution in [3.8, 4) is 0 Å². The zero-order chi connectivity index (χ0) is 17.1. The molecule has 1 aromatic carbocycles. The number of hydrogen-bond acceptors (Lipinski definition) is 5. The van der Waals surface area contributed by atoms with Gasteiger partial charge < -0.3 is 0 Å². The molecule has 0 spiro atoms. The number of nitrogens with one attached hydrogen (secondary N) is 1. The van der Waals surface area contributed by atoms with Gasteiger partial charge in [0, 0.05) is 11.3 Å². The van der Waals surface area contributed by atoms with Crippen molar-refractivity contribution in [3.05, 3.63) is 29.3 Å². The van der Waals surface area contributed by atoms with E-state index < -0.39 is 23.8 Å². The molecule has 1 N–H and O–H groups in total. The third-order valence-corrected chi connectivity index (χ3v) is 4.43. The third-order valence-electron chi connectivity index (χ3n) is 3.65. The van der Waals surface area contributed by atoms with Crippen molar-refractivity contribution in [2.24, 2.45) is 0 Å². The summed E-state index contributed by atoms with van der Waals surface area (Å²) < 4.78 is 0. The normalized spacial score (nSPS) is 20.0. The lowest BCUT2D eigenvalue weighted by Gasteiger charge is -2.27. The van der Waals surface area contributed by atoms with Crippen LogP contribution in [-0.4, -0.2) is 40.8 Å². The van der Waals surface area contributed by atoms with E-state index in [0.29, 0.717) is 16.0 Å². The molecule has 1 fully saturated rings. The number of benzene rings is 1. The standard InChI is InChI=1S/C14H12N2O4S.C2H6/c1-21-9-4-2-3-7-11(9)14(20)16(13(7)19)8-5-6-10(17)15-12(8)18;1-2/h2-4,8H,5-6H2,1H3,(H,15,17,18);1-2H3. The first-order chi connectivity index (χ1) is 11.0. The van der Waals surface area contributed by atoms with E-state index in [2.05, 4.69) is 5.32 Å². The number of hydrogen-bond donors (Lipinski definition) is 1. The summed E-state index contributed by atoms with van der Waals surface area (Å²) in [7, 11) is 0. The number of fused-ring (bicyclic) bond motifs is 1. The molecule has 0 aliphatic carbocycles. The summed E-state index contributed by atoms with van der Waals surface area (Å²) in [5.74, 6) is -1.90. The number of carbonyl (C=O) groups excluding carboxylic acids is 4. The largest absolute Gasteiger partial charge is 0.295 e. The van der Waals surface area contributed by atoms with Crippen LogP contribution in [0.3, 0.4) is 0 Å². The Morgan fingerprint density at radius 3 is 2.43 bits per heavy atom. The van der Waals surface area contributed by atoms with Crippen LogP contribution in [0.15, 0.2) is 23.1 Å². The van der Waals surface area contributed by atoms with E-state index in [1.165, 1.54) is 11.8 Å². The maximum absolute atomic E-state index is 12.5. The molecule has 7 heteroatoms. The molecule has 0 bridgehead atoms. The predicted molar refractivity (Wildman–Crippen MR) is 86.2 cm³/mol. The van der Waals surface area contributed by atoms with E-state index in [9.17, 15) is 19.2 Å². The third kappa shape index (κ3) is 2.88. The van der Waals surface area contributed by atoms with Gasteiger partial charge in [0.05, 0.1) is 11.1 Å². The molecule has 122 valence electrons. The van der Waals surface area contributed by atoms with Crippen LogP contribution in [0.2, 0.25) is 0 Å². The van der Waals surface area contributed by atoms with Gasteiger partial charge in [-0.15, -0.1) is 11.8 Å². The molecular formula is C16H18N2O4S. The van der Waals surface area contributed by atoms with Gasteiger partial charge >= 0.3 is 0 Å². The van der Waals surface area contributed by atoms with Crippen LogP contribution < -0.4 is 5.32 Å². The van der Waals surface area contributed by atoms with Crippen molar-refractivity contribution in [1.29, 1.82) is 0 Å². The van der Waals surface area contributed by atoms with Crippen molar-refractivity contribution in [2.75, 3.05) is 6.26 Å². The fourth-order valence-corrected chi connectivity index (χ4v) is 3.27. The Labute approximate surface area is 138 Å². The molecule has 1 saturated heterocycles. The Hall–Kier alpha value is -2.15. The van der Waals surface area contributed by atoms with Crippen LogP contribution in [0.1, 0.15) is 47.4 Å². The highest BCUT2D eigenvalue weighted by Gasteiger charge is 2.45. The molecule has 3 rings (SSSR count). The summed E-state index contributed by atoms with van der Waals surface area (Å²) in [4.78, 5) is 49.8. The van der Waals surface area contributed by atoms with Gasteiger partial charge in [0.2, 0.25) is 11.8 Å². The molecule has 2 aliphatic rings. The zero-order valence-electron chi connectivity index (χ0n) is 13.2. The van der Waals surface area contributed by atoms with Crippen LogP contribution in [0, 0.1) is 0 Å². The lowest BCUT2D eigenvalue weighted by Crippen LogP contribution is -2.54. The molecule has 1 atom stereocenters. The minimum atomic E-state index is -0.912. The second-order valence-corrected chi connectivity index (χ2v) is 5.68. The van der Waals surface area contributed by atoms with Crippen LogP contribution in [0.25, 0.3) is 0 Å². The maximum atomic E-state index is 12.5. The van der Waals surface area contributed by atoms with E-state index in [4.69, 9.17) is 0 Å². The summed E-state index contributed by atoms with van der Waals surface area (Å²) in [5.41, 5.74) is 0.663. The van der Waals surface area contributed by atoms with E-state index in [0.717, 1.165) is 4.90 Å². The Morgan fingerprint density at radius 1 is 1.13 bits per heavy atom. The first-order valence-corrected chi connectivity index (χ1v) is 8.65. The maximum Gasteiger partial charge on any atom is 0.263 e. The Morgan fingerprint density at radius 2 is 1.83 bits per heavy atom. The first-order valence-electron chi connectivity index (χ1n) is 7.43. The summed E-state index contributed by atoms with van der Waals surface area (Å²) in [6.07, 6.45) is 2.12. The molecule has 1 aromatic rings. The van der Waals surface area contributed by atoms with Gasteiger partial charge in [-0.25, -0.2) is 0 Å². The van der Waals surface area contributed by atoms with Gasteiger partial charge in [-0.1, -0.05) is 19.9 Å². The Kier molecular flexibility index (Phi) is 5.20. The van der Waals surface area contributed by atoms with Crippen molar-refractivity contribution in [3.63, 3.8) is 0 Å². The van der Waals surface area contributed by atoms with E-state index in [-0.39, 0.29) is 18.7 Å². The molecule has 0 saturated carbocycles. The molecule has 0 aromatic heterocycles. The number of thioether (sulfide) groups is 1. The van der Waals surface area contributed by atoms with Crippen LogP contribution >= 0.6 is 11.8 Å². The van der Waals surface area contributed by atoms with Crippen molar-refractivity contribution < 1.29 is 19.2 Å². The van der Waals surface area contributed by atoms with Crippen molar-refractivity contribution in [1.82, 2.24) is 10.2 Å². The molecule has 4 amide bonds. The Balaban J connectivity index is 0.000000924. The van der Waals surface area contributed by atoms with Gasteiger partial charge in [0.1, 0.15) is 6.04 Å². The molecular weight excluding hydrogens is 316 g/mol. The fourth-order valence-electron chi connectivity index (χ4n) is 2.65. The number of piperidine rings is 1. The number of amides is 4. The van der Waals surface area contributed by atoms with Crippen LogP contribution in [-0.2, 0) is 9.59 Å². The molecule has 1 unspecified atom stereocenters. The minimum absolute atomic E-state index is 0.124. The number of imide groups is 2. The van der Waals surface area contributed by atoms with Gasteiger partial charge in [-0.2, -0.15) is 0 Å². The lowest BCUT2D eigenvalue weighted by molar-refractivity contribution is -0.136. The van der Waals surface area contributed by atoms with E-state index >= 15 is 0 Å². The molecule has 6 nitrogen and oxygen atoms in total. The van der Waals surface area contributed by atoms with Gasteiger partial charge in [0.25, 0.3) is 11.8 Å². The summed E-state index contributed by atoms with van der Waals surface area (Å²) in [6, 6.07) is 4.15. The van der Waals surface area contributed by atoms with E-state index in [1.54, 1.807) is 18.2 Å². The molecule has 2 aliphatic heterocycles. The van der Waals surface area contributed by atoms with Crippen molar-refractivity contribution >= 4 is 35.4 Å². The van der Waals surface area contributed by atoms with E-state index in [1.807, 2.05) is 20.1 Å². The fraction of sp³-hybridized carbons (Fsp3) is 0.375. The second kappa shape index (κ2) is 6.95. The molecule has 0 radical (unpaired) electrons. The van der Waals surface area contributed by atoms with Crippen LogP contribution in [0.4, 0.5) is 0 Å². The second-order valence-electron chi connectivity index (χ2n) is 4.83. The minimum Gasteiger partial charge on any atom is -0.295 e. The average molecular weight is 334 g/mol. The van der Waals surface area contributed by atoms with Gasteiger partial charge in [-0.05, 0) is 24.8 Å². The molecule has 2 heterocycles. The quantitative estimate of drug-likeness (QED) is 0.659.